The molecule has 0 saturated carbocycles. The van der Waals surface area contributed by atoms with E-state index in [4.69, 9.17) is 9.47 Å². The fourth-order valence-electron chi connectivity index (χ4n) is 3.31. The predicted octanol–water partition coefficient (Wildman–Crippen LogP) is 2.46. The lowest BCUT2D eigenvalue weighted by atomic mass is 9.96. The Morgan fingerprint density at radius 1 is 1.20 bits per heavy atom. The van der Waals surface area contributed by atoms with Gasteiger partial charge in [-0.05, 0) is 49.1 Å². The number of nitrogens with one attached hydrogen (secondary N) is 1. The molecule has 0 aliphatic carbocycles. The van der Waals surface area contributed by atoms with E-state index in [0.29, 0.717) is 29.5 Å². The molecule has 2 aromatic rings. The fraction of sp³-hybridized carbons (Fsp3) is 0.368. The van der Waals surface area contributed by atoms with Gasteiger partial charge in [0.2, 0.25) is 6.79 Å². The van der Waals surface area contributed by atoms with E-state index < -0.39 is 0 Å². The number of pyridine rings is 1. The van der Waals surface area contributed by atoms with Gasteiger partial charge in [-0.2, -0.15) is 0 Å². The number of benzene rings is 1. The summed E-state index contributed by atoms with van der Waals surface area (Å²) < 4.78 is 10.6. The maximum absolute atomic E-state index is 12.3. The van der Waals surface area contributed by atoms with Crippen molar-refractivity contribution in [1.82, 2.24) is 10.3 Å². The molecule has 2 aliphatic rings. The molecule has 4 rings (SSSR count). The van der Waals surface area contributed by atoms with Crippen molar-refractivity contribution in [3.05, 3.63) is 48.3 Å². The van der Waals surface area contributed by atoms with E-state index in [9.17, 15) is 4.79 Å². The lowest BCUT2D eigenvalue weighted by Gasteiger charge is -2.33. The van der Waals surface area contributed by atoms with E-state index in [2.05, 4.69) is 21.3 Å². The largest absolute Gasteiger partial charge is 0.454 e. The molecule has 1 saturated heterocycles. The summed E-state index contributed by atoms with van der Waals surface area (Å²) in [4.78, 5) is 18.9. The first-order valence-electron chi connectivity index (χ1n) is 8.62. The molecular weight excluding hydrogens is 318 g/mol. The lowest BCUT2D eigenvalue weighted by Crippen LogP contribution is -2.38. The Hall–Kier alpha value is -2.76. The van der Waals surface area contributed by atoms with Crippen molar-refractivity contribution < 1.29 is 14.3 Å². The van der Waals surface area contributed by atoms with E-state index in [1.54, 1.807) is 24.4 Å². The topological polar surface area (TPSA) is 63.7 Å². The number of aromatic nitrogens is 1. The van der Waals surface area contributed by atoms with E-state index in [1.165, 1.54) is 5.69 Å². The van der Waals surface area contributed by atoms with Crippen LogP contribution in [0.15, 0.2) is 42.7 Å². The van der Waals surface area contributed by atoms with Crippen LogP contribution in [0, 0.1) is 5.92 Å². The van der Waals surface area contributed by atoms with E-state index in [0.717, 1.165) is 25.9 Å². The number of hydrogen-bond acceptors (Lipinski definition) is 5. The Balaban J connectivity index is 1.27. The molecule has 0 atom stereocenters. The summed E-state index contributed by atoms with van der Waals surface area (Å²) in [6, 6.07) is 9.35. The van der Waals surface area contributed by atoms with Crippen LogP contribution in [0.25, 0.3) is 0 Å². The number of carbonyl (C=O) groups excluding carboxylic acids is 1. The predicted molar refractivity (Wildman–Crippen MR) is 94.1 cm³/mol. The third-order valence-electron chi connectivity index (χ3n) is 4.81. The lowest BCUT2D eigenvalue weighted by molar-refractivity contribution is 0.0944. The van der Waals surface area contributed by atoms with Gasteiger partial charge in [0.25, 0.3) is 5.91 Å². The molecule has 2 aliphatic heterocycles. The summed E-state index contributed by atoms with van der Waals surface area (Å²) in [5, 5.41) is 3.05. The first-order chi connectivity index (χ1) is 12.3. The molecule has 1 amide bonds. The SMILES string of the molecule is O=C(NCC1CCN(c2cccnc2)CC1)c1ccc2c(c1)OCO2. The number of nitrogens with zero attached hydrogens (tertiary/aromatic N) is 2. The minimum Gasteiger partial charge on any atom is -0.454 e. The quantitative estimate of drug-likeness (QED) is 0.927. The number of piperidine rings is 1. The normalized spacial score (nSPS) is 16.7. The third-order valence-corrected chi connectivity index (χ3v) is 4.81. The average Bonchev–Trinajstić information content (AvgIpc) is 3.15. The van der Waals surface area contributed by atoms with Crippen LogP contribution in [0.5, 0.6) is 11.5 Å². The molecule has 25 heavy (non-hydrogen) atoms. The third kappa shape index (κ3) is 3.52. The number of ether oxygens (including phenoxy) is 2. The monoisotopic (exact) mass is 339 g/mol. The van der Waals surface area contributed by atoms with E-state index in [-0.39, 0.29) is 12.7 Å². The Kier molecular flexibility index (Phi) is 4.41. The van der Waals surface area contributed by atoms with Crippen LogP contribution in [0.1, 0.15) is 23.2 Å². The van der Waals surface area contributed by atoms with Crippen molar-refractivity contribution in [3.63, 3.8) is 0 Å². The molecule has 0 bridgehead atoms. The second-order valence-electron chi connectivity index (χ2n) is 6.42. The number of rotatable bonds is 4. The highest BCUT2D eigenvalue weighted by atomic mass is 16.7. The Morgan fingerprint density at radius 2 is 2.04 bits per heavy atom. The van der Waals surface area contributed by atoms with Gasteiger partial charge in [-0.25, -0.2) is 0 Å². The zero-order valence-electron chi connectivity index (χ0n) is 14.0. The van der Waals surface area contributed by atoms with Crippen LogP contribution in [0.2, 0.25) is 0 Å². The first-order valence-corrected chi connectivity index (χ1v) is 8.62. The second-order valence-corrected chi connectivity index (χ2v) is 6.42. The molecule has 0 unspecified atom stereocenters. The van der Waals surface area contributed by atoms with Gasteiger partial charge in [-0.1, -0.05) is 0 Å². The van der Waals surface area contributed by atoms with Crippen LogP contribution in [0.4, 0.5) is 5.69 Å². The number of hydrogen-bond donors (Lipinski definition) is 1. The number of anilines is 1. The van der Waals surface area contributed by atoms with Gasteiger partial charge in [-0.3, -0.25) is 9.78 Å². The minimum atomic E-state index is -0.0620. The highest BCUT2D eigenvalue weighted by Crippen LogP contribution is 2.32. The smallest absolute Gasteiger partial charge is 0.251 e. The first kappa shape index (κ1) is 15.7. The molecule has 1 aromatic carbocycles. The number of carbonyl (C=O) groups is 1. The summed E-state index contributed by atoms with van der Waals surface area (Å²) in [6.07, 6.45) is 5.83. The van der Waals surface area contributed by atoms with E-state index in [1.807, 2.05) is 12.3 Å². The zero-order valence-corrected chi connectivity index (χ0v) is 14.0. The Morgan fingerprint density at radius 3 is 2.84 bits per heavy atom. The summed E-state index contributed by atoms with van der Waals surface area (Å²) in [5.74, 6) is 1.77. The molecule has 6 heteroatoms. The number of amides is 1. The van der Waals surface area contributed by atoms with Crippen LogP contribution in [-0.4, -0.2) is 37.3 Å². The second kappa shape index (κ2) is 7.01. The van der Waals surface area contributed by atoms with Crippen LogP contribution in [0.3, 0.4) is 0 Å². The average molecular weight is 339 g/mol. The Labute approximate surface area is 146 Å². The van der Waals surface area contributed by atoms with Gasteiger partial charge in [0, 0.05) is 31.4 Å². The van der Waals surface area contributed by atoms with Crippen molar-refractivity contribution in [2.24, 2.45) is 5.92 Å². The van der Waals surface area contributed by atoms with Crippen LogP contribution < -0.4 is 19.7 Å². The van der Waals surface area contributed by atoms with Crippen LogP contribution in [-0.2, 0) is 0 Å². The summed E-state index contributed by atoms with van der Waals surface area (Å²) in [5.41, 5.74) is 1.78. The highest BCUT2D eigenvalue weighted by Gasteiger charge is 2.21. The van der Waals surface area contributed by atoms with Gasteiger partial charge in [0.05, 0.1) is 11.9 Å². The Bertz CT molecular complexity index is 743. The summed E-state index contributed by atoms with van der Waals surface area (Å²) in [6.45, 7) is 2.91. The van der Waals surface area contributed by atoms with Crippen molar-refractivity contribution in [2.75, 3.05) is 31.3 Å². The summed E-state index contributed by atoms with van der Waals surface area (Å²) >= 11 is 0. The van der Waals surface area contributed by atoms with Gasteiger partial charge < -0.3 is 19.7 Å². The van der Waals surface area contributed by atoms with E-state index >= 15 is 0 Å². The van der Waals surface area contributed by atoms with Gasteiger partial charge in [-0.15, -0.1) is 0 Å². The molecule has 1 fully saturated rings. The molecule has 6 nitrogen and oxygen atoms in total. The van der Waals surface area contributed by atoms with Crippen molar-refractivity contribution in [2.45, 2.75) is 12.8 Å². The van der Waals surface area contributed by atoms with Gasteiger partial charge in [0.15, 0.2) is 11.5 Å². The van der Waals surface area contributed by atoms with Gasteiger partial charge in [0.1, 0.15) is 0 Å². The maximum atomic E-state index is 12.3. The van der Waals surface area contributed by atoms with Crippen molar-refractivity contribution in [1.29, 1.82) is 0 Å². The standard InChI is InChI=1S/C19H21N3O3/c23-19(15-3-4-17-18(10-15)25-13-24-17)21-11-14-5-8-22(9-6-14)16-2-1-7-20-12-16/h1-4,7,10,12,14H,5-6,8-9,11,13H2,(H,21,23). The molecule has 3 heterocycles. The molecule has 1 N–H and O–H groups in total. The van der Waals surface area contributed by atoms with Crippen molar-refractivity contribution in [3.8, 4) is 11.5 Å². The number of fused-ring (bicyclic) bond motifs is 1. The van der Waals surface area contributed by atoms with Crippen LogP contribution >= 0.6 is 0 Å². The van der Waals surface area contributed by atoms with Gasteiger partial charge >= 0.3 is 0 Å². The molecule has 0 spiro atoms. The zero-order chi connectivity index (χ0) is 17.1. The fourth-order valence-corrected chi connectivity index (χ4v) is 3.31. The molecule has 130 valence electrons. The highest BCUT2D eigenvalue weighted by molar-refractivity contribution is 5.94. The maximum Gasteiger partial charge on any atom is 0.251 e. The molecule has 0 radical (unpaired) electrons. The molecular formula is C19H21N3O3. The van der Waals surface area contributed by atoms with Crippen molar-refractivity contribution >= 4 is 11.6 Å². The molecule has 1 aromatic heterocycles. The minimum absolute atomic E-state index is 0.0620. The summed E-state index contributed by atoms with van der Waals surface area (Å²) in [7, 11) is 0.